The fourth-order valence-corrected chi connectivity index (χ4v) is 2.36. The summed E-state index contributed by atoms with van der Waals surface area (Å²) in [5.41, 5.74) is 1.20. The van der Waals surface area contributed by atoms with Crippen LogP contribution in [0.2, 0.25) is 0 Å². The summed E-state index contributed by atoms with van der Waals surface area (Å²) >= 11 is 0. The third-order valence-corrected chi connectivity index (χ3v) is 3.83. The van der Waals surface area contributed by atoms with Crippen molar-refractivity contribution in [2.24, 2.45) is 0 Å². The highest BCUT2D eigenvalue weighted by Gasteiger charge is 2.12. The lowest BCUT2D eigenvalue weighted by molar-refractivity contribution is -0.384. The number of methoxy groups -OCH3 is 1. The van der Waals surface area contributed by atoms with E-state index in [1.807, 2.05) is 6.92 Å². The van der Waals surface area contributed by atoms with Gasteiger partial charge in [-0.25, -0.2) is 0 Å². The smallest absolute Gasteiger partial charge is 0.269 e. The minimum absolute atomic E-state index is 0.0867. The van der Waals surface area contributed by atoms with Crippen LogP contribution in [0.15, 0.2) is 42.5 Å². The first-order valence-corrected chi connectivity index (χ1v) is 8.48. The van der Waals surface area contributed by atoms with Gasteiger partial charge in [0.15, 0.2) is 0 Å². The molecule has 2 aromatic carbocycles. The SMILES string of the molecule is CCCCC(=O)Nc1ccc(NC(=O)c2ccc([N+](=O)[O-])cc2)cc1OC. The molecule has 2 amide bonds. The van der Waals surface area contributed by atoms with Crippen LogP contribution in [-0.2, 0) is 4.79 Å². The summed E-state index contributed by atoms with van der Waals surface area (Å²) in [6.45, 7) is 2.01. The molecule has 2 aromatic rings. The van der Waals surface area contributed by atoms with Crippen molar-refractivity contribution in [3.8, 4) is 5.75 Å². The molecule has 2 N–H and O–H groups in total. The van der Waals surface area contributed by atoms with E-state index in [1.165, 1.54) is 31.4 Å². The van der Waals surface area contributed by atoms with E-state index < -0.39 is 10.8 Å². The monoisotopic (exact) mass is 371 g/mol. The summed E-state index contributed by atoms with van der Waals surface area (Å²) in [5.74, 6) is -0.0918. The first kappa shape index (κ1) is 19.9. The van der Waals surface area contributed by atoms with Crippen molar-refractivity contribution in [1.82, 2.24) is 0 Å². The number of carbonyl (C=O) groups excluding carboxylic acids is 2. The number of nitrogens with zero attached hydrogens (tertiary/aromatic N) is 1. The predicted molar refractivity (Wildman–Crippen MR) is 102 cm³/mol. The largest absolute Gasteiger partial charge is 0.494 e. The normalized spacial score (nSPS) is 10.1. The molecule has 0 aliphatic heterocycles. The zero-order chi connectivity index (χ0) is 19.8. The minimum Gasteiger partial charge on any atom is -0.494 e. The number of rotatable bonds is 8. The summed E-state index contributed by atoms with van der Waals surface area (Å²) in [5, 5.41) is 16.2. The molecule has 0 heterocycles. The molecule has 8 nitrogen and oxygen atoms in total. The minimum atomic E-state index is -0.528. The molecular weight excluding hydrogens is 350 g/mol. The molecule has 142 valence electrons. The highest BCUT2D eigenvalue weighted by molar-refractivity contribution is 6.04. The highest BCUT2D eigenvalue weighted by atomic mass is 16.6. The Hall–Kier alpha value is -3.42. The Bertz CT molecular complexity index is 834. The molecule has 0 saturated heterocycles. The predicted octanol–water partition coefficient (Wildman–Crippen LogP) is 3.98. The Balaban J connectivity index is 2.09. The number of ether oxygens (including phenoxy) is 1. The molecule has 0 unspecified atom stereocenters. The van der Waals surface area contributed by atoms with E-state index in [-0.39, 0.29) is 17.2 Å². The maximum atomic E-state index is 12.3. The third kappa shape index (κ3) is 5.53. The van der Waals surface area contributed by atoms with Crippen LogP contribution in [0.3, 0.4) is 0 Å². The van der Waals surface area contributed by atoms with Crippen LogP contribution in [0.25, 0.3) is 0 Å². The summed E-state index contributed by atoms with van der Waals surface area (Å²) in [6, 6.07) is 10.2. The van der Waals surface area contributed by atoms with Crippen LogP contribution in [-0.4, -0.2) is 23.8 Å². The van der Waals surface area contributed by atoms with Gasteiger partial charge < -0.3 is 15.4 Å². The quantitative estimate of drug-likeness (QED) is 0.538. The Morgan fingerprint density at radius 3 is 2.41 bits per heavy atom. The fourth-order valence-electron chi connectivity index (χ4n) is 2.36. The van der Waals surface area contributed by atoms with Gasteiger partial charge in [-0.1, -0.05) is 13.3 Å². The number of carbonyl (C=O) groups is 2. The molecule has 0 aliphatic rings. The Morgan fingerprint density at radius 2 is 1.81 bits per heavy atom. The number of anilines is 2. The molecule has 0 saturated carbocycles. The standard InChI is InChI=1S/C19H21N3O5/c1-3-4-5-18(23)21-16-11-8-14(12-17(16)27-2)20-19(24)13-6-9-15(10-7-13)22(25)26/h6-12H,3-5H2,1-2H3,(H,20,24)(H,21,23). The molecule has 27 heavy (non-hydrogen) atoms. The molecule has 2 rings (SSSR count). The highest BCUT2D eigenvalue weighted by Crippen LogP contribution is 2.28. The topological polar surface area (TPSA) is 111 Å². The first-order chi connectivity index (χ1) is 12.9. The van der Waals surface area contributed by atoms with Gasteiger partial charge in [0.05, 0.1) is 17.7 Å². The van der Waals surface area contributed by atoms with Crippen molar-refractivity contribution in [3.63, 3.8) is 0 Å². The summed E-state index contributed by atoms with van der Waals surface area (Å²) in [6.07, 6.45) is 2.16. The fraction of sp³-hybridized carbons (Fsp3) is 0.263. The van der Waals surface area contributed by atoms with E-state index in [2.05, 4.69) is 10.6 Å². The number of nitrogens with one attached hydrogen (secondary N) is 2. The van der Waals surface area contributed by atoms with Gasteiger partial charge in [-0.05, 0) is 30.7 Å². The molecule has 0 fully saturated rings. The van der Waals surface area contributed by atoms with Crippen molar-refractivity contribution in [3.05, 3.63) is 58.1 Å². The lowest BCUT2D eigenvalue weighted by atomic mass is 10.2. The van der Waals surface area contributed by atoms with E-state index in [0.717, 1.165) is 12.8 Å². The molecule has 0 atom stereocenters. The van der Waals surface area contributed by atoms with Crippen LogP contribution in [0, 0.1) is 10.1 Å². The van der Waals surface area contributed by atoms with Gasteiger partial charge in [0.1, 0.15) is 5.75 Å². The number of non-ortho nitro benzene ring substituents is 1. The van der Waals surface area contributed by atoms with Crippen molar-refractivity contribution < 1.29 is 19.2 Å². The number of nitro groups is 1. The van der Waals surface area contributed by atoms with Crippen LogP contribution in [0.5, 0.6) is 5.75 Å². The van der Waals surface area contributed by atoms with Crippen molar-refractivity contribution in [2.75, 3.05) is 17.7 Å². The molecule has 0 bridgehead atoms. The second-order valence-corrected chi connectivity index (χ2v) is 5.82. The Labute approximate surface area is 156 Å². The van der Waals surface area contributed by atoms with E-state index in [0.29, 0.717) is 23.5 Å². The molecule has 0 radical (unpaired) electrons. The second-order valence-electron chi connectivity index (χ2n) is 5.82. The zero-order valence-corrected chi connectivity index (χ0v) is 15.2. The van der Waals surface area contributed by atoms with Gasteiger partial charge >= 0.3 is 0 Å². The van der Waals surface area contributed by atoms with E-state index in [4.69, 9.17) is 4.74 Å². The number of hydrogen-bond donors (Lipinski definition) is 2. The maximum Gasteiger partial charge on any atom is 0.269 e. The van der Waals surface area contributed by atoms with Gasteiger partial charge in [-0.15, -0.1) is 0 Å². The third-order valence-electron chi connectivity index (χ3n) is 3.83. The van der Waals surface area contributed by atoms with E-state index in [9.17, 15) is 19.7 Å². The second kappa shape index (κ2) is 9.33. The lowest BCUT2D eigenvalue weighted by Crippen LogP contribution is -2.14. The van der Waals surface area contributed by atoms with Crippen molar-refractivity contribution in [2.45, 2.75) is 26.2 Å². The Kier molecular flexibility index (Phi) is 6.87. The number of hydrogen-bond acceptors (Lipinski definition) is 5. The maximum absolute atomic E-state index is 12.3. The van der Waals surface area contributed by atoms with Crippen LogP contribution < -0.4 is 15.4 Å². The number of amides is 2. The zero-order valence-electron chi connectivity index (χ0n) is 15.2. The number of benzene rings is 2. The summed E-state index contributed by atoms with van der Waals surface area (Å²) in [7, 11) is 1.47. The number of nitro benzene ring substituents is 1. The average molecular weight is 371 g/mol. The molecular formula is C19H21N3O5. The molecule has 0 aliphatic carbocycles. The number of unbranched alkanes of at least 4 members (excludes halogenated alkanes) is 1. The first-order valence-electron chi connectivity index (χ1n) is 8.48. The summed E-state index contributed by atoms with van der Waals surface area (Å²) < 4.78 is 5.28. The van der Waals surface area contributed by atoms with Gasteiger partial charge in [-0.3, -0.25) is 19.7 Å². The van der Waals surface area contributed by atoms with Crippen molar-refractivity contribution >= 4 is 28.9 Å². The molecule has 8 heteroatoms. The summed E-state index contributed by atoms with van der Waals surface area (Å²) in [4.78, 5) is 34.3. The molecule has 0 aromatic heterocycles. The van der Waals surface area contributed by atoms with Gasteiger partial charge in [-0.2, -0.15) is 0 Å². The lowest BCUT2D eigenvalue weighted by Gasteiger charge is -2.12. The van der Waals surface area contributed by atoms with Gasteiger partial charge in [0, 0.05) is 35.9 Å². The van der Waals surface area contributed by atoms with E-state index in [1.54, 1.807) is 18.2 Å². The van der Waals surface area contributed by atoms with Crippen LogP contribution in [0.1, 0.15) is 36.5 Å². The molecule has 0 spiro atoms. The van der Waals surface area contributed by atoms with Gasteiger partial charge in [0.25, 0.3) is 11.6 Å². The van der Waals surface area contributed by atoms with Crippen LogP contribution >= 0.6 is 0 Å². The average Bonchev–Trinajstić information content (AvgIpc) is 2.67. The Morgan fingerprint density at radius 1 is 1.11 bits per heavy atom. The van der Waals surface area contributed by atoms with Crippen molar-refractivity contribution in [1.29, 1.82) is 0 Å². The van der Waals surface area contributed by atoms with E-state index >= 15 is 0 Å². The van der Waals surface area contributed by atoms with Crippen LogP contribution in [0.4, 0.5) is 17.1 Å². The van der Waals surface area contributed by atoms with Gasteiger partial charge in [0.2, 0.25) is 5.91 Å².